The van der Waals surface area contributed by atoms with Gasteiger partial charge in [0.15, 0.2) is 11.6 Å². The number of aryl methyl sites for hydroxylation is 1. The number of hydrogen-bond donors (Lipinski definition) is 2. The first-order valence-corrected chi connectivity index (χ1v) is 10.5. The number of aromatic nitrogens is 2. The van der Waals surface area contributed by atoms with Gasteiger partial charge in [-0.3, -0.25) is 4.99 Å². The molecule has 1 saturated heterocycles. The topological polar surface area (TPSA) is 77.9 Å². The molecule has 0 saturated carbocycles. The molecule has 4 heterocycles. The Morgan fingerprint density at radius 3 is 2.86 bits per heavy atom. The highest BCUT2D eigenvalue weighted by Gasteiger charge is 2.28. The molecule has 3 aliphatic rings. The molecule has 0 radical (unpaired) electrons. The molecule has 3 aliphatic heterocycles. The molecule has 0 aliphatic carbocycles. The van der Waals surface area contributed by atoms with Crippen molar-refractivity contribution in [2.45, 2.75) is 39.2 Å². The lowest BCUT2D eigenvalue weighted by atomic mass is 10.2. The number of aliphatic imine (C=N–C) groups is 1. The number of ether oxygens (including phenoxy) is 1. The van der Waals surface area contributed by atoms with E-state index in [1.54, 1.807) is 0 Å². The maximum absolute atomic E-state index is 6.17. The quantitative estimate of drug-likeness (QED) is 0.653. The van der Waals surface area contributed by atoms with Gasteiger partial charge >= 0.3 is 0 Å². The number of allylic oxidation sites excluding steroid dienone is 1. The third-order valence-corrected chi connectivity index (χ3v) is 5.32. The predicted molar refractivity (Wildman–Crippen MR) is 116 cm³/mol. The molecule has 1 atom stereocenters. The summed E-state index contributed by atoms with van der Waals surface area (Å²) in [5, 5.41) is 6.40. The van der Waals surface area contributed by atoms with Crippen molar-refractivity contribution in [3.63, 3.8) is 0 Å². The molecule has 1 unspecified atom stereocenters. The minimum Gasteiger partial charge on any atom is -0.490 e. The fourth-order valence-electron chi connectivity index (χ4n) is 3.96. The van der Waals surface area contributed by atoms with Crippen LogP contribution in [0.4, 0.5) is 11.8 Å². The Morgan fingerprint density at radius 2 is 2.07 bits per heavy atom. The van der Waals surface area contributed by atoms with Crippen molar-refractivity contribution in [3.05, 3.63) is 35.5 Å². The van der Waals surface area contributed by atoms with Gasteiger partial charge in [0, 0.05) is 44.2 Å². The van der Waals surface area contributed by atoms with Gasteiger partial charge in [0.1, 0.15) is 5.82 Å². The minimum absolute atomic E-state index is 0.253. The van der Waals surface area contributed by atoms with E-state index in [-0.39, 0.29) is 6.04 Å². The lowest BCUT2D eigenvalue weighted by Gasteiger charge is -2.25. The van der Waals surface area contributed by atoms with Crippen molar-refractivity contribution in [2.24, 2.45) is 4.99 Å². The Hall–Kier alpha value is -2.61. The largest absolute Gasteiger partial charge is 0.490 e. The van der Waals surface area contributed by atoms with Gasteiger partial charge in [-0.25, -0.2) is 4.98 Å². The highest BCUT2D eigenvalue weighted by molar-refractivity contribution is 6.00. The number of nitrogens with zero attached hydrogens (tertiary/aromatic N) is 5. The fourth-order valence-corrected chi connectivity index (χ4v) is 3.96. The number of likely N-dealkylation sites (tertiary alicyclic amines) is 1. The van der Waals surface area contributed by atoms with Crippen LogP contribution in [0, 0.1) is 6.92 Å². The third kappa shape index (κ3) is 4.87. The average molecular weight is 398 g/mol. The summed E-state index contributed by atoms with van der Waals surface area (Å²) in [6, 6.07) is 2.17. The Labute approximate surface area is 172 Å². The lowest BCUT2D eigenvalue weighted by molar-refractivity contribution is 0.201. The number of anilines is 2. The summed E-state index contributed by atoms with van der Waals surface area (Å²) in [6.45, 7) is 9.18. The van der Waals surface area contributed by atoms with Crippen molar-refractivity contribution in [1.82, 2.24) is 19.8 Å². The highest BCUT2D eigenvalue weighted by Crippen LogP contribution is 2.24. The molecule has 156 valence electrons. The standard InChI is InChI=1S/C21H31N7O/c1-15-11-19(22-3)26-21(24-15)25-17-12-18(20-23-16(2)13-28(20)14-17)29-10-6-9-27-7-4-5-8-27/h11-12,14,16H,4-10,13H2,1-3H3,(H2,22,24,25,26). The second-order valence-corrected chi connectivity index (χ2v) is 7.89. The van der Waals surface area contributed by atoms with Gasteiger partial charge in [-0.05, 0) is 46.2 Å². The van der Waals surface area contributed by atoms with Crippen LogP contribution in [-0.2, 0) is 4.74 Å². The second-order valence-electron chi connectivity index (χ2n) is 7.89. The summed E-state index contributed by atoms with van der Waals surface area (Å²) in [6.07, 6.45) is 7.74. The van der Waals surface area contributed by atoms with Crippen molar-refractivity contribution in [1.29, 1.82) is 0 Å². The SMILES string of the molecule is CNc1cc(C)nc(NC2=CN3CC(C)N=C3C(OCCCN3CCCC3)=C2)n1. The van der Waals surface area contributed by atoms with Gasteiger partial charge in [-0.1, -0.05) is 0 Å². The highest BCUT2D eigenvalue weighted by atomic mass is 16.5. The summed E-state index contributed by atoms with van der Waals surface area (Å²) in [7, 11) is 1.85. The minimum atomic E-state index is 0.253. The van der Waals surface area contributed by atoms with Crippen LogP contribution in [0.5, 0.6) is 0 Å². The summed E-state index contributed by atoms with van der Waals surface area (Å²) in [5.41, 5.74) is 1.81. The molecule has 1 fully saturated rings. The van der Waals surface area contributed by atoms with E-state index in [1.807, 2.05) is 26.1 Å². The monoisotopic (exact) mass is 397 g/mol. The smallest absolute Gasteiger partial charge is 0.229 e. The van der Waals surface area contributed by atoms with Crippen LogP contribution in [0.1, 0.15) is 31.9 Å². The summed E-state index contributed by atoms with van der Waals surface area (Å²) in [5.74, 6) is 3.10. The molecule has 1 aromatic heterocycles. The van der Waals surface area contributed by atoms with Crippen molar-refractivity contribution >= 4 is 17.6 Å². The maximum atomic E-state index is 6.17. The molecule has 2 N–H and O–H groups in total. The van der Waals surface area contributed by atoms with E-state index >= 15 is 0 Å². The maximum Gasteiger partial charge on any atom is 0.229 e. The normalized spacial score (nSPS) is 21.4. The van der Waals surface area contributed by atoms with E-state index in [0.29, 0.717) is 12.6 Å². The lowest BCUT2D eigenvalue weighted by Crippen LogP contribution is -2.30. The molecule has 0 bridgehead atoms. The van der Waals surface area contributed by atoms with Crippen LogP contribution < -0.4 is 10.6 Å². The van der Waals surface area contributed by atoms with Crippen LogP contribution in [0.15, 0.2) is 34.8 Å². The second kappa shape index (κ2) is 8.82. The molecule has 1 aromatic rings. The zero-order valence-corrected chi connectivity index (χ0v) is 17.6. The van der Waals surface area contributed by atoms with Crippen LogP contribution >= 0.6 is 0 Å². The summed E-state index contributed by atoms with van der Waals surface area (Å²) < 4.78 is 6.17. The van der Waals surface area contributed by atoms with E-state index in [4.69, 9.17) is 9.73 Å². The first-order chi connectivity index (χ1) is 14.1. The zero-order valence-electron chi connectivity index (χ0n) is 17.6. The van der Waals surface area contributed by atoms with Crippen LogP contribution in [0.2, 0.25) is 0 Å². The molecule has 0 aromatic carbocycles. The van der Waals surface area contributed by atoms with Gasteiger partial charge in [-0.15, -0.1) is 0 Å². The van der Waals surface area contributed by atoms with Crippen molar-refractivity contribution < 1.29 is 4.74 Å². The van der Waals surface area contributed by atoms with Gasteiger partial charge in [0.25, 0.3) is 0 Å². The summed E-state index contributed by atoms with van der Waals surface area (Å²) >= 11 is 0. The molecule has 0 amide bonds. The number of nitrogens with one attached hydrogen (secondary N) is 2. The molecule has 8 nitrogen and oxygen atoms in total. The molecule has 8 heteroatoms. The van der Waals surface area contributed by atoms with Gasteiger partial charge in [-0.2, -0.15) is 4.98 Å². The Kier molecular flexibility index (Phi) is 5.99. The van der Waals surface area contributed by atoms with E-state index in [1.165, 1.54) is 25.9 Å². The van der Waals surface area contributed by atoms with Crippen molar-refractivity contribution in [2.75, 3.05) is 50.5 Å². The first kappa shape index (κ1) is 19.7. The van der Waals surface area contributed by atoms with E-state index in [0.717, 1.165) is 48.3 Å². The average Bonchev–Trinajstić information content (AvgIpc) is 3.33. The Balaban J connectivity index is 1.43. The molecule has 29 heavy (non-hydrogen) atoms. The Morgan fingerprint density at radius 1 is 1.24 bits per heavy atom. The fraction of sp³-hybridized carbons (Fsp3) is 0.571. The van der Waals surface area contributed by atoms with Crippen LogP contribution in [0.3, 0.4) is 0 Å². The number of rotatable bonds is 8. The van der Waals surface area contributed by atoms with E-state index < -0.39 is 0 Å². The molecule has 0 spiro atoms. The summed E-state index contributed by atoms with van der Waals surface area (Å²) in [4.78, 5) is 18.4. The number of fused-ring (bicyclic) bond motifs is 1. The zero-order chi connectivity index (χ0) is 20.2. The van der Waals surface area contributed by atoms with Gasteiger partial charge in [0.2, 0.25) is 5.95 Å². The van der Waals surface area contributed by atoms with E-state index in [9.17, 15) is 0 Å². The molecule has 4 rings (SSSR count). The predicted octanol–water partition coefficient (Wildman–Crippen LogP) is 2.58. The van der Waals surface area contributed by atoms with Gasteiger partial charge < -0.3 is 25.2 Å². The van der Waals surface area contributed by atoms with Crippen LogP contribution in [-0.4, -0.2) is 71.5 Å². The van der Waals surface area contributed by atoms with Gasteiger partial charge in [0.05, 0.1) is 18.3 Å². The molecular weight excluding hydrogens is 366 g/mol. The first-order valence-electron chi connectivity index (χ1n) is 10.5. The van der Waals surface area contributed by atoms with Crippen LogP contribution in [0.25, 0.3) is 0 Å². The number of hydrogen-bond acceptors (Lipinski definition) is 8. The van der Waals surface area contributed by atoms with Crippen molar-refractivity contribution in [3.8, 4) is 0 Å². The Bertz CT molecular complexity index is 826. The van der Waals surface area contributed by atoms with E-state index in [2.05, 4.69) is 43.5 Å². The molecular formula is C21H31N7O. The number of amidine groups is 1. The third-order valence-electron chi connectivity index (χ3n) is 5.32.